The lowest BCUT2D eigenvalue weighted by molar-refractivity contribution is -0.142. The summed E-state index contributed by atoms with van der Waals surface area (Å²) in [6.45, 7) is 0. The van der Waals surface area contributed by atoms with Crippen molar-refractivity contribution in [3.63, 3.8) is 0 Å². The number of carbonyl (C=O) groups excluding carboxylic acids is 3. The Kier molecular flexibility index (Phi) is 17.8. The fourth-order valence-electron chi connectivity index (χ4n) is 8.22. The molecule has 12 nitrogen and oxygen atoms in total. The molecule has 0 bridgehead atoms. The van der Waals surface area contributed by atoms with Crippen LogP contribution in [0.3, 0.4) is 0 Å². The molecule has 4 aliphatic rings. The second kappa shape index (κ2) is 23.4. The number of aliphatic carboxylic acids is 1. The van der Waals surface area contributed by atoms with Gasteiger partial charge in [-0.05, 0) is 169 Å². The molecule has 0 heterocycles. The topological polar surface area (TPSA) is 197 Å². The van der Waals surface area contributed by atoms with E-state index in [4.69, 9.17) is 19.3 Å². The summed E-state index contributed by atoms with van der Waals surface area (Å²) >= 11 is 0. The molecule has 4 aliphatic carbocycles. The minimum atomic E-state index is -0.768. The van der Waals surface area contributed by atoms with Crippen molar-refractivity contribution >= 4 is 23.9 Å². The van der Waals surface area contributed by atoms with E-state index in [2.05, 4.69) is 0 Å². The lowest BCUT2D eigenvalue weighted by atomic mass is 9.91. The number of hydrogen-bond donors (Lipinski definition) is 5. The third kappa shape index (κ3) is 16.3. The third-order valence-corrected chi connectivity index (χ3v) is 12.2. The molecule has 0 spiro atoms. The zero-order valence-corrected chi connectivity index (χ0v) is 36.4. The van der Waals surface area contributed by atoms with Crippen molar-refractivity contribution in [3.8, 4) is 23.0 Å². The molecule has 4 aromatic rings. The zero-order chi connectivity index (χ0) is 45.5. The summed E-state index contributed by atoms with van der Waals surface area (Å²) in [5, 5.41) is 46.5. The van der Waals surface area contributed by atoms with Gasteiger partial charge in [0.1, 0.15) is 23.0 Å². The third-order valence-electron chi connectivity index (χ3n) is 12.2. The summed E-state index contributed by atoms with van der Waals surface area (Å²) in [6.07, 6.45) is 10.6. The van der Waals surface area contributed by atoms with Gasteiger partial charge in [0.25, 0.3) is 0 Å². The number of carboxylic acids is 1. The molecule has 4 aromatic carbocycles. The highest BCUT2D eigenvalue weighted by molar-refractivity contribution is 5.71. The normalized spacial score (nSPS) is 16.9. The van der Waals surface area contributed by atoms with Crippen LogP contribution in [0.2, 0.25) is 0 Å². The smallest absolute Gasteiger partial charge is 0.306 e. The number of rotatable bonds is 16. The first-order valence-electron chi connectivity index (χ1n) is 21.9. The van der Waals surface area contributed by atoms with Gasteiger partial charge >= 0.3 is 23.9 Å². The maximum absolute atomic E-state index is 11.3. The Morgan fingerprint density at radius 2 is 0.651 bits per heavy atom. The predicted octanol–water partition coefficient (Wildman–Crippen LogP) is 9.71. The standard InChI is InChI=1S/3C13H16O3.C12H14O3/c3*1-16-13(15)8-12(9-5-6-9)10-3-2-4-11(14)7-10;13-10-3-1-2-9(6-10)11(7-12(14)15)8-4-5-8/h3*2-4,7,9,12,14H,5-6,8H2,1H3;1-3,6,8,11,13H,4-5,7H2,(H,14,15)/t2*12-;;/m10../s1. The summed E-state index contributed by atoms with van der Waals surface area (Å²) in [5.74, 6) is 2.52. The zero-order valence-electron chi connectivity index (χ0n) is 36.4. The first-order valence-corrected chi connectivity index (χ1v) is 21.9. The van der Waals surface area contributed by atoms with Crippen LogP contribution < -0.4 is 0 Å². The van der Waals surface area contributed by atoms with Crippen molar-refractivity contribution in [1.29, 1.82) is 0 Å². The van der Waals surface area contributed by atoms with E-state index in [9.17, 15) is 39.6 Å². The SMILES string of the molecule is COC(=O)CC(c1cccc(O)c1)C1CC1.COC(=O)C[C@@H](c1cccc(O)c1)C1CC1.COC(=O)C[C@H](c1cccc(O)c1)C1CC1.O=C(O)CC(c1cccc(O)c1)C1CC1. The first kappa shape index (κ1) is 48.0. The van der Waals surface area contributed by atoms with E-state index in [0.717, 1.165) is 73.6 Å². The molecular formula is C51H62O12. The molecule has 5 N–H and O–H groups in total. The van der Waals surface area contributed by atoms with Crippen LogP contribution in [-0.4, -0.2) is 70.7 Å². The van der Waals surface area contributed by atoms with Gasteiger partial charge < -0.3 is 39.7 Å². The molecule has 0 aromatic heterocycles. The van der Waals surface area contributed by atoms with Crippen molar-refractivity contribution in [1.82, 2.24) is 0 Å². The maximum atomic E-state index is 11.3. The Morgan fingerprint density at radius 3 is 0.825 bits per heavy atom. The fourth-order valence-corrected chi connectivity index (χ4v) is 8.22. The van der Waals surface area contributed by atoms with Crippen LogP contribution in [0, 0.1) is 23.7 Å². The van der Waals surface area contributed by atoms with E-state index < -0.39 is 5.97 Å². The van der Waals surface area contributed by atoms with Crippen LogP contribution in [-0.2, 0) is 33.4 Å². The Labute approximate surface area is 369 Å². The van der Waals surface area contributed by atoms with E-state index in [1.807, 2.05) is 42.5 Å². The molecule has 0 aliphatic heterocycles. The van der Waals surface area contributed by atoms with Gasteiger partial charge in [0.2, 0.25) is 0 Å². The van der Waals surface area contributed by atoms with Gasteiger partial charge in [-0.1, -0.05) is 48.5 Å². The molecule has 4 fully saturated rings. The van der Waals surface area contributed by atoms with E-state index in [0.29, 0.717) is 42.9 Å². The number of carbonyl (C=O) groups is 4. The molecule has 12 heteroatoms. The molecular weight excluding hydrogens is 805 g/mol. The van der Waals surface area contributed by atoms with Crippen LogP contribution in [0.4, 0.5) is 0 Å². The molecule has 4 atom stereocenters. The van der Waals surface area contributed by atoms with Gasteiger partial charge in [0.05, 0.1) is 47.0 Å². The average Bonchev–Trinajstić information content (AvgIpc) is 4.07. The minimum Gasteiger partial charge on any atom is -0.508 e. The van der Waals surface area contributed by atoms with Gasteiger partial charge in [-0.2, -0.15) is 0 Å². The molecule has 0 saturated heterocycles. The molecule has 0 amide bonds. The Bertz CT molecular complexity index is 1940. The monoisotopic (exact) mass is 866 g/mol. The van der Waals surface area contributed by atoms with E-state index >= 15 is 0 Å². The summed E-state index contributed by atoms with van der Waals surface area (Å²) in [5.41, 5.74) is 4.05. The number of esters is 3. The minimum absolute atomic E-state index is 0.0644. The number of benzene rings is 4. The molecule has 63 heavy (non-hydrogen) atoms. The molecule has 0 radical (unpaired) electrons. The molecule has 4 saturated carbocycles. The summed E-state index contributed by atoms with van der Waals surface area (Å²) < 4.78 is 14.1. The van der Waals surface area contributed by atoms with Crippen LogP contribution in [0.15, 0.2) is 97.1 Å². The van der Waals surface area contributed by atoms with Crippen molar-refractivity contribution in [2.75, 3.05) is 21.3 Å². The highest BCUT2D eigenvalue weighted by atomic mass is 16.5. The largest absolute Gasteiger partial charge is 0.508 e. The quantitative estimate of drug-likeness (QED) is 0.0529. The van der Waals surface area contributed by atoms with Crippen molar-refractivity contribution in [3.05, 3.63) is 119 Å². The number of ether oxygens (including phenoxy) is 3. The number of phenolic OH excluding ortho intramolecular Hbond substituents is 4. The average molecular weight is 867 g/mol. The summed E-state index contributed by atoms with van der Waals surface area (Å²) in [4.78, 5) is 44.7. The van der Waals surface area contributed by atoms with Crippen molar-refractivity contribution in [2.45, 2.75) is 101 Å². The van der Waals surface area contributed by atoms with Crippen LogP contribution >= 0.6 is 0 Å². The molecule has 2 unspecified atom stereocenters. The highest BCUT2D eigenvalue weighted by Gasteiger charge is 2.36. The Hall–Kier alpha value is -6.04. The van der Waals surface area contributed by atoms with Crippen molar-refractivity contribution in [2.24, 2.45) is 23.7 Å². The number of carboxylic acid groups (broad SMARTS) is 1. The second-order valence-corrected chi connectivity index (χ2v) is 17.1. The van der Waals surface area contributed by atoms with Gasteiger partial charge in [-0.25, -0.2) is 0 Å². The number of phenols is 4. The van der Waals surface area contributed by atoms with Crippen LogP contribution in [0.1, 0.15) is 123 Å². The maximum Gasteiger partial charge on any atom is 0.306 e. The van der Waals surface area contributed by atoms with E-state index in [1.54, 1.807) is 54.6 Å². The lowest BCUT2D eigenvalue weighted by Crippen LogP contribution is -2.10. The number of methoxy groups -OCH3 is 3. The summed E-state index contributed by atoms with van der Waals surface area (Å²) in [6, 6.07) is 28.4. The molecule has 8 rings (SSSR count). The number of aromatic hydroxyl groups is 4. The fraction of sp³-hybridized carbons (Fsp3) is 0.451. The van der Waals surface area contributed by atoms with Crippen LogP contribution in [0.5, 0.6) is 23.0 Å². The predicted molar refractivity (Wildman–Crippen MR) is 236 cm³/mol. The van der Waals surface area contributed by atoms with Crippen LogP contribution in [0.25, 0.3) is 0 Å². The Balaban J connectivity index is 0.000000158. The lowest BCUT2D eigenvalue weighted by Gasteiger charge is -2.15. The van der Waals surface area contributed by atoms with E-state index in [-0.39, 0.29) is 71.0 Å². The highest BCUT2D eigenvalue weighted by Crippen LogP contribution is 2.47. The van der Waals surface area contributed by atoms with Gasteiger partial charge in [0, 0.05) is 0 Å². The first-order chi connectivity index (χ1) is 30.3. The Morgan fingerprint density at radius 1 is 0.429 bits per heavy atom. The van der Waals surface area contributed by atoms with Crippen molar-refractivity contribution < 1.29 is 58.9 Å². The van der Waals surface area contributed by atoms with Gasteiger partial charge in [-0.3, -0.25) is 19.2 Å². The summed E-state index contributed by atoms with van der Waals surface area (Å²) in [7, 11) is 4.23. The van der Waals surface area contributed by atoms with Gasteiger partial charge in [0.15, 0.2) is 0 Å². The van der Waals surface area contributed by atoms with Gasteiger partial charge in [-0.15, -0.1) is 0 Å². The number of hydrogen-bond acceptors (Lipinski definition) is 11. The molecule has 338 valence electrons. The second-order valence-electron chi connectivity index (χ2n) is 17.1. The van der Waals surface area contributed by atoms with E-state index in [1.165, 1.54) is 21.3 Å².